The first-order valence-electron chi connectivity index (χ1n) is 7.51. The van der Waals surface area contributed by atoms with Crippen LogP contribution in [0, 0.1) is 0 Å². The third-order valence-corrected chi connectivity index (χ3v) is 3.60. The van der Waals surface area contributed by atoms with Crippen molar-refractivity contribution in [3.63, 3.8) is 0 Å². The van der Waals surface area contributed by atoms with Gasteiger partial charge in [-0.05, 0) is 42.2 Å². The Kier molecular flexibility index (Phi) is 4.55. The average Bonchev–Trinajstić information content (AvgIpc) is 2.46. The molecule has 0 saturated carbocycles. The van der Waals surface area contributed by atoms with E-state index in [1.54, 1.807) is 12.1 Å². The number of ketones is 1. The quantitative estimate of drug-likeness (QED) is 0.680. The molecule has 0 bridgehead atoms. The fraction of sp³-hybridized carbons (Fsp3) is 0.316. The first kappa shape index (κ1) is 16.1. The van der Waals surface area contributed by atoms with Crippen LogP contribution in [0.25, 0.3) is 0 Å². The Morgan fingerprint density at radius 3 is 2.36 bits per heavy atom. The van der Waals surface area contributed by atoms with Crippen molar-refractivity contribution in [2.24, 2.45) is 0 Å². The standard InChI is InChI=1S/C19H23NO2/c1-5-22-17-11-10-13(19(2,3)4)12-15(17)18(21)14-8-6-7-9-16(14)20/h6-12H,5,20H2,1-4H3. The summed E-state index contributed by atoms with van der Waals surface area (Å²) in [5, 5.41) is 0. The second-order valence-corrected chi connectivity index (χ2v) is 6.31. The molecule has 0 atom stereocenters. The Morgan fingerprint density at radius 1 is 1.09 bits per heavy atom. The Balaban J connectivity index is 2.56. The minimum Gasteiger partial charge on any atom is -0.493 e. The number of nitrogen functional groups attached to an aromatic ring is 1. The van der Waals surface area contributed by atoms with E-state index < -0.39 is 0 Å². The normalized spacial score (nSPS) is 11.3. The second kappa shape index (κ2) is 6.22. The largest absolute Gasteiger partial charge is 0.493 e. The summed E-state index contributed by atoms with van der Waals surface area (Å²) in [6.07, 6.45) is 0. The van der Waals surface area contributed by atoms with Gasteiger partial charge in [-0.2, -0.15) is 0 Å². The predicted octanol–water partition coefficient (Wildman–Crippen LogP) is 4.20. The van der Waals surface area contributed by atoms with Crippen molar-refractivity contribution in [2.75, 3.05) is 12.3 Å². The van der Waals surface area contributed by atoms with Crippen LogP contribution < -0.4 is 10.5 Å². The highest BCUT2D eigenvalue weighted by atomic mass is 16.5. The Labute approximate surface area is 132 Å². The van der Waals surface area contributed by atoms with Crippen molar-refractivity contribution < 1.29 is 9.53 Å². The smallest absolute Gasteiger partial charge is 0.198 e. The maximum atomic E-state index is 12.9. The lowest BCUT2D eigenvalue weighted by molar-refractivity contribution is 0.103. The van der Waals surface area contributed by atoms with E-state index in [4.69, 9.17) is 10.5 Å². The van der Waals surface area contributed by atoms with Crippen LogP contribution in [0.4, 0.5) is 5.69 Å². The maximum Gasteiger partial charge on any atom is 0.198 e. The van der Waals surface area contributed by atoms with Crippen molar-refractivity contribution >= 4 is 11.5 Å². The van der Waals surface area contributed by atoms with Gasteiger partial charge in [0.15, 0.2) is 5.78 Å². The van der Waals surface area contributed by atoms with Gasteiger partial charge in [0.25, 0.3) is 0 Å². The zero-order valence-corrected chi connectivity index (χ0v) is 13.6. The third kappa shape index (κ3) is 3.30. The maximum absolute atomic E-state index is 12.9. The molecule has 0 unspecified atom stereocenters. The molecular formula is C19H23NO2. The monoisotopic (exact) mass is 297 g/mol. The number of rotatable bonds is 4. The molecule has 2 aromatic carbocycles. The summed E-state index contributed by atoms with van der Waals surface area (Å²) < 4.78 is 5.63. The van der Waals surface area contributed by atoms with Crippen molar-refractivity contribution in [3.8, 4) is 5.75 Å². The van der Waals surface area contributed by atoms with Gasteiger partial charge in [0.1, 0.15) is 5.75 Å². The summed E-state index contributed by atoms with van der Waals surface area (Å²) in [5.74, 6) is 0.497. The van der Waals surface area contributed by atoms with Gasteiger partial charge in [0, 0.05) is 11.3 Å². The molecule has 2 N–H and O–H groups in total. The van der Waals surface area contributed by atoms with Gasteiger partial charge in [-0.1, -0.05) is 39.0 Å². The molecule has 2 aromatic rings. The van der Waals surface area contributed by atoms with E-state index in [-0.39, 0.29) is 11.2 Å². The first-order valence-corrected chi connectivity index (χ1v) is 7.51. The summed E-state index contributed by atoms with van der Waals surface area (Å²) >= 11 is 0. The minimum atomic E-state index is -0.104. The fourth-order valence-electron chi connectivity index (χ4n) is 2.30. The molecule has 0 aliphatic rings. The Bertz CT molecular complexity index is 684. The molecule has 0 heterocycles. The number of carbonyl (C=O) groups is 1. The summed E-state index contributed by atoms with van der Waals surface area (Å²) in [6.45, 7) is 8.78. The van der Waals surface area contributed by atoms with Crippen LogP contribution in [0.1, 0.15) is 49.2 Å². The van der Waals surface area contributed by atoms with E-state index in [0.29, 0.717) is 29.2 Å². The Morgan fingerprint density at radius 2 is 1.77 bits per heavy atom. The van der Waals surface area contributed by atoms with Crippen molar-refractivity contribution in [1.29, 1.82) is 0 Å². The number of carbonyl (C=O) groups excluding carboxylic acids is 1. The second-order valence-electron chi connectivity index (χ2n) is 6.31. The summed E-state index contributed by atoms with van der Waals surface area (Å²) in [7, 11) is 0. The Hall–Kier alpha value is -2.29. The molecule has 116 valence electrons. The van der Waals surface area contributed by atoms with Gasteiger partial charge in [-0.15, -0.1) is 0 Å². The van der Waals surface area contributed by atoms with Crippen LogP contribution in [-0.2, 0) is 5.41 Å². The molecule has 0 radical (unpaired) electrons. The number of anilines is 1. The van der Waals surface area contributed by atoms with Crippen LogP contribution in [0.5, 0.6) is 5.75 Å². The summed E-state index contributed by atoms with van der Waals surface area (Å²) in [5.41, 5.74) is 8.55. The topological polar surface area (TPSA) is 52.3 Å². The molecule has 0 saturated heterocycles. The van der Waals surface area contributed by atoms with E-state index in [1.165, 1.54) is 0 Å². The number of hydrogen-bond donors (Lipinski definition) is 1. The minimum absolute atomic E-state index is 0.0397. The molecule has 3 heteroatoms. The number of nitrogens with two attached hydrogens (primary N) is 1. The lowest BCUT2D eigenvalue weighted by Gasteiger charge is -2.21. The SMILES string of the molecule is CCOc1ccc(C(C)(C)C)cc1C(=O)c1ccccc1N. The summed E-state index contributed by atoms with van der Waals surface area (Å²) in [6, 6.07) is 12.9. The van der Waals surface area contributed by atoms with Crippen LogP contribution in [-0.4, -0.2) is 12.4 Å². The number of ether oxygens (including phenoxy) is 1. The fourth-order valence-corrected chi connectivity index (χ4v) is 2.30. The van der Waals surface area contributed by atoms with Crippen LogP contribution in [0.3, 0.4) is 0 Å². The number of para-hydroxylation sites is 1. The van der Waals surface area contributed by atoms with Gasteiger partial charge in [0.05, 0.1) is 12.2 Å². The van der Waals surface area contributed by atoms with Crippen molar-refractivity contribution in [2.45, 2.75) is 33.1 Å². The van der Waals surface area contributed by atoms with Gasteiger partial charge >= 0.3 is 0 Å². The van der Waals surface area contributed by atoms with Gasteiger partial charge < -0.3 is 10.5 Å². The molecule has 22 heavy (non-hydrogen) atoms. The molecule has 0 aliphatic heterocycles. The molecule has 0 amide bonds. The lowest BCUT2D eigenvalue weighted by atomic mass is 9.85. The molecule has 0 aromatic heterocycles. The highest BCUT2D eigenvalue weighted by Crippen LogP contribution is 2.30. The first-order chi connectivity index (χ1) is 10.3. The van der Waals surface area contributed by atoms with E-state index in [1.807, 2.05) is 37.3 Å². The number of benzene rings is 2. The zero-order chi connectivity index (χ0) is 16.3. The molecular weight excluding hydrogens is 274 g/mol. The van der Waals surface area contributed by atoms with Gasteiger partial charge in [0.2, 0.25) is 0 Å². The highest BCUT2D eigenvalue weighted by Gasteiger charge is 2.21. The van der Waals surface area contributed by atoms with E-state index in [9.17, 15) is 4.79 Å². The molecule has 0 spiro atoms. The van der Waals surface area contributed by atoms with Crippen LogP contribution in [0.15, 0.2) is 42.5 Å². The molecule has 0 fully saturated rings. The predicted molar refractivity (Wildman–Crippen MR) is 90.6 cm³/mol. The third-order valence-electron chi connectivity index (χ3n) is 3.60. The number of hydrogen-bond acceptors (Lipinski definition) is 3. The zero-order valence-electron chi connectivity index (χ0n) is 13.6. The molecule has 0 aliphatic carbocycles. The van der Waals surface area contributed by atoms with Gasteiger partial charge in [-0.3, -0.25) is 4.79 Å². The molecule has 2 rings (SSSR count). The average molecular weight is 297 g/mol. The van der Waals surface area contributed by atoms with Crippen molar-refractivity contribution in [3.05, 3.63) is 59.2 Å². The van der Waals surface area contributed by atoms with Crippen LogP contribution in [0.2, 0.25) is 0 Å². The van der Waals surface area contributed by atoms with Crippen LogP contribution >= 0.6 is 0 Å². The van der Waals surface area contributed by atoms with E-state index in [2.05, 4.69) is 20.8 Å². The summed E-state index contributed by atoms with van der Waals surface area (Å²) in [4.78, 5) is 12.9. The van der Waals surface area contributed by atoms with Gasteiger partial charge in [-0.25, -0.2) is 0 Å². The van der Waals surface area contributed by atoms with E-state index in [0.717, 1.165) is 5.56 Å². The molecule has 3 nitrogen and oxygen atoms in total. The lowest BCUT2D eigenvalue weighted by Crippen LogP contribution is -2.14. The van der Waals surface area contributed by atoms with E-state index >= 15 is 0 Å². The van der Waals surface area contributed by atoms with Crippen molar-refractivity contribution in [1.82, 2.24) is 0 Å². The highest BCUT2D eigenvalue weighted by molar-refractivity contribution is 6.13.